The molecule has 8 nitrogen and oxygen atoms in total. The second kappa shape index (κ2) is 12.0. The summed E-state index contributed by atoms with van der Waals surface area (Å²) in [5.41, 5.74) is 0.765. The molecular weight excluding hydrogens is 539 g/mol. The first-order chi connectivity index (χ1) is 17.2. The molecule has 4 N–H and O–H groups in total. The number of likely N-dealkylation sites (tertiary alicyclic amines) is 1. The third-order valence-corrected chi connectivity index (χ3v) is 8.59. The number of carbonyl (C=O) groups excluding carboxylic acids is 1. The average Bonchev–Trinajstić information content (AvgIpc) is 3.37. The summed E-state index contributed by atoms with van der Waals surface area (Å²) in [6.07, 6.45) is 4.40. The van der Waals surface area contributed by atoms with Gasteiger partial charge in [-0.05, 0) is 55.5 Å². The van der Waals surface area contributed by atoms with Gasteiger partial charge in [-0.2, -0.15) is 0 Å². The van der Waals surface area contributed by atoms with E-state index in [1.807, 2.05) is 0 Å². The number of thiazole rings is 1. The lowest BCUT2D eigenvalue weighted by Gasteiger charge is -2.33. The molecule has 1 amide bonds. The van der Waals surface area contributed by atoms with Crippen molar-refractivity contribution in [1.29, 1.82) is 5.41 Å². The first kappa shape index (κ1) is 28.5. The maximum Gasteiger partial charge on any atom is 0.263 e. The molecule has 196 valence electrons. The highest BCUT2D eigenvalue weighted by Crippen LogP contribution is 2.30. The van der Waals surface area contributed by atoms with Gasteiger partial charge in [0.1, 0.15) is 5.82 Å². The van der Waals surface area contributed by atoms with Gasteiger partial charge in [0.15, 0.2) is 5.13 Å². The Morgan fingerprint density at radius 3 is 2.46 bits per heavy atom. The Morgan fingerprint density at radius 2 is 1.89 bits per heavy atom. The maximum atomic E-state index is 14.3. The van der Waals surface area contributed by atoms with Crippen LogP contribution in [-0.2, 0) is 14.8 Å². The molecule has 0 saturated carbocycles. The zero-order chi connectivity index (χ0) is 25.9. The van der Waals surface area contributed by atoms with E-state index in [-0.39, 0.29) is 44.1 Å². The van der Waals surface area contributed by atoms with Gasteiger partial charge in [0, 0.05) is 24.7 Å². The van der Waals surface area contributed by atoms with Crippen LogP contribution >= 0.6 is 22.9 Å². The predicted molar refractivity (Wildman–Crippen MR) is 144 cm³/mol. The van der Waals surface area contributed by atoms with E-state index >= 15 is 0 Å². The Balaban J connectivity index is 0.00000380. The summed E-state index contributed by atoms with van der Waals surface area (Å²) in [6, 6.07) is 10.9. The number of rotatable bonds is 7. The van der Waals surface area contributed by atoms with Gasteiger partial charge in [-0.3, -0.25) is 14.9 Å². The first-order valence-corrected chi connectivity index (χ1v) is 14.0. The van der Waals surface area contributed by atoms with Gasteiger partial charge in [-0.25, -0.2) is 17.8 Å². The molecular formula is C25H26ClFN4O4S2. The molecule has 0 bridgehead atoms. The molecule has 12 heteroatoms. The van der Waals surface area contributed by atoms with Crippen LogP contribution in [0.2, 0.25) is 5.02 Å². The van der Waals surface area contributed by atoms with Crippen molar-refractivity contribution in [1.82, 2.24) is 9.88 Å². The quantitative estimate of drug-likeness (QED) is 0.319. The van der Waals surface area contributed by atoms with Crippen LogP contribution in [0, 0.1) is 11.2 Å². The van der Waals surface area contributed by atoms with E-state index in [1.54, 1.807) is 41.5 Å². The number of hydrogen-bond donors (Lipinski definition) is 2. The number of nitrogens with one attached hydrogen (secondary N) is 2. The van der Waals surface area contributed by atoms with Crippen LogP contribution in [-0.4, -0.2) is 48.5 Å². The molecule has 1 aliphatic heterocycles. The van der Waals surface area contributed by atoms with Crippen LogP contribution in [0.15, 0.2) is 70.6 Å². The lowest BCUT2D eigenvalue weighted by molar-refractivity contribution is -0.127. The van der Waals surface area contributed by atoms with Crippen molar-refractivity contribution >= 4 is 49.7 Å². The highest BCUT2D eigenvalue weighted by Gasteiger charge is 2.29. The maximum absolute atomic E-state index is 14.3. The van der Waals surface area contributed by atoms with E-state index in [0.717, 1.165) is 5.56 Å². The molecule has 37 heavy (non-hydrogen) atoms. The number of sulfonamides is 1. The van der Waals surface area contributed by atoms with E-state index in [4.69, 9.17) is 17.0 Å². The summed E-state index contributed by atoms with van der Waals surface area (Å²) in [5.74, 6) is -0.826. The number of halogens is 2. The number of carbonyl (C=O) groups is 1. The SMILES string of the molecule is C/C=C(/C(=N)c1c(F)cccc1Cl)C(=O)N1CCC(c2ccc(S(=O)(=O)Nc3nccs3)cc2)CC1.O. The summed E-state index contributed by atoms with van der Waals surface area (Å²) in [5, 5.41) is 10.5. The van der Waals surface area contributed by atoms with E-state index in [1.165, 1.54) is 41.8 Å². The van der Waals surface area contributed by atoms with Crippen molar-refractivity contribution in [3.8, 4) is 0 Å². The molecule has 2 heterocycles. The van der Waals surface area contributed by atoms with Crippen molar-refractivity contribution in [2.45, 2.75) is 30.6 Å². The highest BCUT2D eigenvalue weighted by molar-refractivity contribution is 7.93. The van der Waals surface area contributed by atoms with Gasteiger partial charge in [0.25, 0.3) is 15.9 Å². The van der Waals surface area contributed by atoms with Crippen LogP contribution < -0.4 is 4.72 Å². The Hall–Kier alpha value is -3.12. The number of nitrogens with zero attached hydrogens (tertiary/aromatic N) is 2. The zero-order valence-corrected chi connectivity index (χ0v) is 22.3. The molecule has 4 rings (SSSR count). The number of hydrogen-bond acceptors (Lipinski definition) is 6. The normalized spacial score (nSPS) is 14.7. The molecule has 2 aromatic carbocycles. The number of benzene rings is 2. The molecule has 1 saturated heterocycles. The Bertz CT molecular complexity index is 1380. The van der Waals surface area contributed by atoms with E-state index < -0.39 is 15.8 Å². The van der Waals surface area contributed by atoms with Crippen molar-refractivity contribution < 1.29 is 23.1 Å². The smallest absolute Gasteiger partial charge is 0.263 e. The zero-order valence-electron chi connectivity index (χ0n) is 19.9. The summed E-state index contributed by atoms with van der Waals surface area (Å²) >= 11 is 7.30. The summed E-state index contributed by atoms with van der Waals surface area (Å²) < 4.78 is 41.9. The molecule has 0 radical (unpaired) electrons. The Morgan fingerprint density at radius 1 is 1.22 bits per heavy atom. The number of piperidine rings is 1. The summed E-state index contributed by atoms with van der Waals surface area (Å²) in [7, 11) is -3.72. The number of allylic oxidation sites excluding steroid dienone is 1. The first-order valence-electron chi connectivity index (χ1n) is 11.2. The van der Waals surface area contributed by atoms with Gasteiger partial charge < -0.3 is 10.4 Å². The molecule has 1 aromatic heterocycles. The molecule has 1 aliphatic rings. The molecule has 3 aromatic rings. The molecule has 0 unspecified atom stereocenters. The Labute approximate surface area is 223 Å². The third-order valence-electron chi connectivity index (χ3n) is 6.10. The largest absolute Gasteiger partial charge is 0.412 e. The molecule has 0 aliphatic carbocycles. The van der Waals surface area contributed by atoms with Gasteiger partial charge in [-0.1, -0.05) is 35.9 Å². The lowest BCUT2D eigenvalue weighted by atomic mass is 9.89. The van der Waals surface area contributed by atoms with Crippen LogP contribution in [0.3, 0.4) is 0 Å². The van der Waals surface area contributed by atoms with Gasteiger partial charge in [0.05, 0.1) is 26.8 Å². The van der Waals surface area contributed by atoms with E-state index in [9.17, 15) is 17.6 Å². The minimum Gasteiger partial charge on any atom is -0.412 e. The molecule has 0 spiro atoms. The summed E-state index contributed by atoms with van der Waals surface area (Å²) in [6.45, 7) is 2.57. The average molecular weight is 565 g/mol. The van der Waals surface area contributed by atoms with Crippen molar-refractivity contribution in [3.05, 3.63) is 87.7 Å². The second-order valence-corrected chi connectivity index (χ2v) is 11.2. The second-order valence-electron chi connectivity index (χ2n) is 8.25. The van der Waals surface area contributed by atoms with Crippen LogP contribution in [0.4, 0.5) is 9.52 Å². The minimum absolute atomic E-state index is 0. The highest BCUT2D eigenvalue weighted by atomic mass is 35.5. The third kappa shape index (κ3) is 6.24. The summed E-state index contributed by atoms with van der Waals surface area (Å²) in [4.78, 5) is 18.9. The topological polar surface area (TPSA) is 135 Å². The monoisotopic (exact) mass is 564 g/mol. The predicted octanol–water partition coefficient (Wildman–Crippen LogP) is 4.63. The van der Waals surface area contributed by atoms with Crippen LogP contribution in [0.5, 0.6) is 0 Å². The van der Waals surface area contributed by atoms with E-state index in [2.05, 4.69) is 9.71 Å². The molecule has 1 fully saturated rings. The number of anilines is 1. The van der Waals surface area contributed by atoms with Gasteiger partial charge in [0.2, 0.25) is 0 Å². The van der Waals surface area contributed by atoms with Crippen LogP contribution in [0.25, 0.3) is 0 Å². The number of amides is 1. The van der Waals surface area contributed by atoms with Gasteiger partial charge in [-0.15, -0.1) is 11.3 Å². The van der Waals surface area contributed by atoms with Crippen molar-refractivity contribution in [3.63, 3.8) is 0 Å². The standard InChI is InChI=1S/C25H24ClFN4O3S2.H2O/c1-2-19(23(28)22-20(26)4-3-5-21(22)27)24(32)31-13-10-17(11-14-31)16-6-8-18(9-7-16)36(33,34)30-25-29-12-15-35-25;/h2-9,12,15,17,28H,10-11,13-14H2,1H3,(H,29,30);1H2/b19-2-,28-23?;. The van der Waals surface area contributed by atoms with Crippen LogP contribution in [0.1, 0.15) is 36.8 Å². The fraction of sp³-hybridized carbons (Fsp3) is 0.240. The van der Waals surface area contributed by atoms with E-state index in [0.29, 0.717) is 31.1 Å². The van der Waals surface area contributed by atoms with Crippen molar-refractivity contribution in [2.24, 2.45) is 0 Å². The fourth-order valence-electron chi connectivity index (χ4n) is 4.20. The molecule has 0 atom stereocenters. The minimum atomic E-state index is -3.72. The van der Waals surface area contributed by atoms with Gasteiger partial charge >= 0.3 is 0 Å². The fourth-order valence-corrected chi connectivity index (χ4v) is 6.25. The Kier molecular flexibility index (Phi) is 9.19. The lowest BCUT2D eigenvalue weighted by Crippen LogP contribution is -2.40. The van der Waals surface area contributed by atoms with Crippen molar-refractivity contribution in [2.75, 3.05) is 17.8 Å². The number of aromatic nitrogens is 1.